The minimum atomic E-state index is -0.0542. The number of carbonyl (C=O) groups is 1. The molecule has 0 bridgehead atoms. The summed E-state index contributed by atoms with van der Waals surface area (Å²) in [7, 11) is 1.53. The number of rotatable bonds is 5. The minimum absolute atomic E-state index is 0.0542. The van der Waals surface area contributed by atoms with Gasteiger partial charge >= 0.3 is 0 Å². The van der Waals surface area contributed by atoms with Crippen molar-refractivity contribution in [2.24, 2.45) is 0 Å². The third-order valence-corrected chi connectivity index (χ3v) is 3.17. The number of nitrogen functional groups attached to an aromatic ring is 1. The normalized spacial score (nSPS) is 10.2. The van der Waals surface area contributed by atoms with Gasteiger partial charge in [0.1, 0.15) is 12.1 Å². The highest BCUT2D eigenvalue weighted by molar-refractivity contribution is 7.99. The Labute approximate surface area is 114 Å². The topological polar surface area (TPSA) is 91.0 Å². The van der Waals surface area contributed by atoms with E-state index in [0.29, 0.717) is 16.5 Å². The van der Waals surface area contributed by atoms with Gasteiger partial charge in [-0.25, -0.2) is 9.97 Å². The summed E-state index contributed by atoms with van der Waals surface area (Å²) in [6.45, 7) is 0. The first-order valence-corrected chi connectivity index (χ1v) is 6.43. The van der Waals surface area contributed by atoms with Gasteiger partial charge in [0, 0.05) is 0 Å². The fourth-order valence-electron chi connectivity index (χ4n) is 1.45. The summed E-state index contributed by atoms with van der Waals surface area (Å²) >= 11 is 1.21. The summed E-state index contributed by atoms with van der Waals surface area (Å²) < 4.78 is 5.15. The SMILES string of the molecule is COc1ccccc1C(=O)CSc1ncnc(N)n1. The second-order valence-corrected chi connectivity index (χ2v) is 4.48. The lowest BCUT2D eigenvalue weighted by Crippen LogP contribution is -2.06. The molecule has 19 heavy (non-hydrogen) atoms. The van der Waals surface area contributed by atoms with E-state index in [2.05, 4.69) is 15.0 Å². The number of hydrogen-bond acceptors (Lipinski definition) is 7. The fraction of sp³-hybridized carbons (Fsp3) is 0.167. The summed E-state index contributed by atoms with van der Waals surface area (Å²) in [4.78, 5) is 23.6. The lowest BCUT2D eigenvalue weighted by molar-refractivity contribution is 0.101. The molecule has 2 rings (SSSR count). The predicted molar refractivity (Wildman–Crippen MR) is 72.3 cm³/mol. The first kappa shape index (κ1) is 13.3. The molecule has 0 aliphatic rings. The summed E-state index contributed by atoms with van der Waals surface area (Å²) in [6.07, 6.45) is 1.32. The van der Waals surface area contributed by atoms with E-state index in [9.17, 15) is 4.79 Å². The molecule has 7 heteroatoms. The van der Waals surface area contributed by atoms with Crippen LogP contribution < -0.4 is 10.5 Å². The Balaban J connectivity index is 2.05. The van der Waals surface area contributed by atoms with Crippen molar-refractivity contribution in [1.29, 1.82) is 0 Å². The predicted octanol–water partition coefficient (Wildman–Crippen LogP) is 1.44. The Kier molecular flexibility index (Phi) is 4.30. The van der Waals surface area contributed by atoms with Crippen molar-refractivity contribution in [3.63, 3.8) is 0 Å². The lowest BCUT2D eigenvalue weighted by Gasteiger charge is -2.06. The molecule has 0 aliphatic carbocycles. The number of nitrogens with two attached hydrogens (primary N) is 1. The van der Waals surface area contributed by atoms with E-state index < -0.39 is 0 Å². The van der Waals surface area contributed by atoms with Crippen molar-refractivity contribution in [1.82, 2.24) is 15.0 Å². The van der Waals surface area contributed by atoms with Crippen molar-refractivity contribution < 1.29 is 9.53 Å². The van der Waals surface area contributed by atoms with Gasteiger partial charge in [-0.15, -0.1) is 0 Å². The quantitative estimate of drug-likeness (QED) is 0.652. The number of nitrogens with zero attached hydrogens (tertiary/aromatic N) is 3. The number of anilines is 1. The van der Waals surface area contributed by atoms with E-state index in [1.807, 2.05) is 6.07 Å². The second kappa shape index (κ2) is 6.14. The molecule has 0 atom stereocenters. The third kappa shape index (κ3) is 3.41. The molecular formula is C12H12N4O2S. The molecule has 1 aromatic heterocycles. The van der Waals surface area contributed by atoms with Gasteiger partial charge in [-0.3, -0.25) is 4.79 Å². The molecule has 0 saturated carbocycles. The number of aromatic nitrogens is 3. The Bertz CT molecular complexity index is 591. The molecule has 0 radical (unpaired) electrons. The average Bonchev–Trinajstić information content (AvgIpc) is 2.45. The van der Waals surface area contributed by atoms with Crippen LogP contribution in [0.2, 0.25) is 0 Å². The molecule has 1 aromatic carbocycles. The number of ether oxygens (including phenoxy) is 1. The van der Waals surface area contributed by atoms with Gasteiger partial charge in [-0.1, -0.05) is 23.9 Å². The van der Waals surface area contributed by atoms with Crippen LogP contribution in [0.5, 0.6) is 5.75 Å². The largest absolute Gasteiger partial charge is 0.496 e. The number of methoxy groups -OCH3 is 1. The van der Waals surface area contributed by atoms with Crippen LogP contribution in [-0.2, 0) is 0 Å². The van der Waals surface area contributed by atoms with Gasteiger partial charge in [0.25, 0.3) is 0 Å². The lowest BCUT2D eigenvalue weighted by atomic mass is 10.1. The summed E-state index contributed by atoms with van der Waals surface area (Å²) in [5, 5.41) is 0.427. The van der Waals surface area contributed by atoms with Gasteiger partial charge in [0.2, 0.25) is 5.95 Å². The van der Waals surface area contributed by atoms with Crippen LogP contribution in [0.3, 0.4) is 0 Å². The van der Waals surface area contributed by atoms with Crippen LogP contribution in [0.1, 0.15) is 10.4 Å². The molecule has 0 aliphatic heterocycles. The molecule has 0 saturated heterocycles. The number of carbonyl (C=O) groups excluding carboxylic acids is 1. The van der Waals surface area contributed by atoms with Crippen LogP contribution in [0.25, 0.3) is 0 Å². The smallest absolute Gasteiger partial charge is 0.223 e. The van der Waals surface area contributed by atoms with E-state index in [4.69, 9.17) is 10.5 Å². The van der Waals surface area contributed by atoms with Gasteiger partial charge < -0.3 is 10.5 Å². The first-order valence-electron chi connectivity index (χ1n) is 5.44. The molecule has 6 nitrogen and oxygen atoms in total. The van der Waals surface area contributed by atoms with E-state index in [0.717, 1.165) is 0 Å². The molecule has 2 N–H and O–H groups in total. The maximum Gasteiger partial charge on any atom is 0.223 e. The molecule has 0 unspecified atom stereocenters. The number of para-hydroxylation sites is 1. The maximum atomic E-state index is 12.1. The third-order valence-electron chi connectivity index (χ3n) is 2.31. The highest BCUT2D eigenvalue weighted by Gasteiger charge is 2.12. The Morgan fingerprint density at radius 2 is 2.16 bits per heavy atom. The van der Waals surface area contributed by atoms with Crippen LogP contribution in [0.4, 0.5) is 5.95 Å². The van der Waals surface area contributed by atoms with Crippen molar-refractivity contribution in [3.05, 3.63) is 36.2 Å². The van der Waals surface area contributed by atoms with E-state index in [-0.39, 0.29) is 17.5 Å². The van der Waals surface area contributed by atoms with Gasteiger partial charge in [0.05, 0.1) is 18.4 Å². The molecule has 98 valence electrons. The Hall–Kier alpha value is -2.15. The monoisotopic (exact) mass is 276 g/mol. The summed E-state index contributed by atoms with van der Waals surface area (Å²) in [5.74, 6) is 0.857. The zero-order chi connectivity index (χ0) is 13.7. The van der Waals surface area contributed by atoms with Gasteiger partial charge in [0.15, 0.2) is 10.9 Å². The number of hydrogen-bond donors (Lipinski definition) is 1. The zero-order valence-electron chi connectivity index (χ0n) is 10.2. The summed E-state index contributed by atoms with van der Waals surface area (Å²) in [6, 6.07) is 7.08. The van der Waals surface area contributed by atoms with E-state index in [1.54, 1.807) is 18.2 Å². The number of ketones is 1. The van der Waals surface area contributed by atoms with Crippen LogP contribution in [0.15, 0.2) is 35.7 Å². The number of thioether (sulfide) groups is 1. The van der Waals surface area contributed by atoms with E-state index in [1.165, 1.54) is 25.2 Å². The van der Waals surface area contributed by atoms with Crippen LogP contribution in [-0.4, -0.2) is 33.6 Å². The van der Waals surface area contributed by atoms with Gasteiger partial charge in [-0.05, 0) is 12.1 Å². The van der Waals surface area contributed by atoms with Crippen molar-refractivity contribution in [2.45, 2.75) is 5.16 Å². The summed E-state index contributed by atoms with van der Waals surface area (Å²) in [5.41, 5.74) is 5.98. The number of benzene rings is 1. The molecule has 0 amide bonds. The minimum Gasteiger partial charge on any atom is -0.496 e. The van der Waals surface area contributed by atoms with Gasteiger partial charge in [-0.2, -0.15) is 4.98 Å². The van der Waals surface area contributed by atoms with Crippen molar-refractivity contribution in [2.75, 3.05) is 18.6 Å². The van der Waals surface area contributed by atoms with Crippen molar-refractivity contribution in [3.8, 4) is 5.75 Å². The second-order valence-electron chi connectivity index (χ2n) is 3.54. The Morgan fingerprint density at radius 3 is 2.89 bits per heavy atom. The van der Waals surface area contributed by atoms with E-state index >= 15 is 0 Å². The van der Waals surface area contributed by atoms with Crippen LogP contribution in [0, 0.1) is 0 Å². The highest BCUT2D eigenvalue weighted by Crippen LogP contribution is 2.21. The Morgan fingerprint density at radius 1 is 1.37 bits per heavy atom. The molecule has 0 fully saturated rings. The molecular weight excluding hydrogens is 264 g/mol. The standard InChI is InChI=1S/C12H12N4O2S/c1-18-10-5-3-2-4-8(10)9(17)6-19-12-15-7-14-11(13)16-12/h2-5,7H,6H2,1H3,(H2,13,14,15,16). The number of Topliss-reactive ketones (excluding diaryl/α,β-unsaturated/α-hetero) is 1. The molecule has 2 aromatic rings. The maximum absolute atomic E-state index is 12.1. The molecule has 1 heterocycles. The zero-order valence-corrected chi connectivity index (χ0v) is 11.1. The fourth-order valence-corrected chi connectivity index (χ4v) is 2.14. The molecule has 0 spiro atoms. The van der Waals surface area contributed by atoms with Crippen molar-refractivity contribution >= 4 is 23.5 Å². The average molecular weight is 276 g/mol. The highest BCUT2D eigenvalue weighted by atomic mass is 32.2. The van der Waals surface area contributed by atoms with Crippen LogP contribution >= 0.6 is 11.8 Å². The first-order chi connectivity index (χ1) is 9.20.